The van der Waals surface area contributed by atoms with E-state index >= 15 is 0 Å². The van der Waals surface area contributed by atoms with Gasteiger partial charge in [0.1, 0.15) is 6.54 Å². The Hall–Kier alpha value is 0.0500. The van der Waals surface area contributed by atoms with Gasteiger partial charge < -0.3 is 9.22 Å². The molecule has 0 unspecified atom stereocenters. The number of halogens is 1. The Kier molecular flexibility index (Phi) is 7.41. The maximum absolute atomic E-state index is 8.49. The normalized spacial score (nSPS) is 19.9. The maximum Gasteiger partial charge on any atom is 0.102 e. The molecule has 1 fully saturated rings. The second kappa shape index (κ2) is 7.39. The van der Waals surface area contributed by atoms with Crippen LogP contribution >= 0.6 is 0 Å². The lowest BCUT2D eigenvalue weighted by Crippen LogP contribution is -2.68. The van der Waals surface area contributed by atoms with Gasteiger partial charge in [-0.15, -0.1) is 10.2 Å². The number of ether oxygens (including phenoxy) is 1. The molecule has 0 atom stereocenters. The van der Waals surface area contributed by atoms with Crippen LogP contribution in [0.1, 0.15) is 19.3 Å². The van der Waals surface area contributed by atoms with Gasteiger partial charge in [-0.05, 0) is 19.3 Å². The predicted octanol–water partition coefficient (Wildman–Crippen LogP) is -3.49. The van der Waals surface area contributed by atoms with Crippen molar-refractivity contribution >= 4 is 0 Å². The zero-order valence-electron chi connectivity index (χ0n) is 9.82. The Bertz CT molecular complexity index is 173. The van der Waals surface area contributed by atoms with Crippen molar-refractivity contribution in [3.05, 3.63) is 0 Å². The molecule has 0 amide bonds. The standard InChI is InChI=1S/C9H20NO.ClHO4/c1-10(8-9-11-2)6-4-3-5-7-10;2-1(3,4)5/h3-9H2,1-2H3;(H,2,3,4,5)/q+1;/p-1. The number of nitrogens with zero attached hydrogens (tertiary/aromatic N) is 1. The summed E-state index contributed by atoms with van der Waals surface area (Å²) < 4.78 is 40.3. The monoisotopic (exact) mass is 257 g/mol. The lowest BCUT2D eigenvalue weighted by Gasteiger charge is -2.37. The van der Waals surface area contributed by atoms with Crippen molar-refractivity contribution in [3.63, 3.8) is 0 Å². The summed E-state index contributed by atoms with van der Waals surface area (Å²) in [6.07, 6.45) is 4.24. The number of quaternary nitrogens is 1. The molecule has 0 radical (unpaired) electrons. The van der Waals surface area contributed by atoms with Gasteiger partial charge in [0.2, 0.25) is 0 Å². The van der Waals surface area contributed by atoms with E-state index in [1.54, 1.807) is 7.11 Å². The van der Waals surface area contributed by atoms with Gasteiger partial charge in [0.05, 0.1) is 26.7 Å². The molecule has 16 heavy (non-hydrogen) atoms. The molecule has 1 aliphatic rings. The van der Waals surface area contributed by atoms with E-state index in [-0.39, 0.29) is 0 Å². The van der Waals surface area contributed by atoms with Crippen LogP contribution in [0, 0.1) is 10.2 Å². The highest BCUT2D eigenvalue weighted by Crippen LogP contribution is 2.15. The Balaban J connectivity index is 0.000000385. The first-order chi connectivity index (χ1) is 7.27. The molecule has 0 aromatic carbocycles. The van der Waals surface area contributed by atoms with Gasteiger partial charge in [-0.2, -0.15) is 0 Å². The van der Waals surface area contributed by atoms with E-state index in [4.69, 9.17) is 23.4 Å². The molecule has 98 valence electrons. The van der Waals surface area contributed by atoms with Crippen LogP contribution in [-0.4, -0.2) is 44.9 Å². The van der Waals surface area contributed by atoms with Gasteiger partial charge in [-0.1, -0.05) is 0 Å². The second-order valence-electron chi connectivity index (χ2n) is 4.22. The molecular weight excluding hydrogens is 238 g/mol. The summed E-state index contributed by atoms with van der Waals surface area (Å²) in [6, 6.07) is 0. The highest BCUT2D eigenvalue weighted by molar-refractivity contribution is 4.51. The summed E-state index contributed by atoms with van der Waals surface area (Å²) >= 11 is 0. The van der Waals surface area contributed by atoms with E-state index in [1.807, 2.05) is 0 Å². The number of methoxy groups -OCH3 is 1. The molecule has 1 aliphatic heterocycles. The van der Waals surface area contributed by atoms with Crippen molar-refractivity contribution < 1.29 is 38.1 Å². The number of piperidine rings is 1. The zero-order chi connectivity index (χ0) is 12.7. The van der Waals surface area contributed by atoms with E-state index in [0.29, 0.717) is 0 Å². The predicted molar refractivity (Wildman–Crippen MR) is 46.5 cm³/mol. The minimum absolute atomic E-state index is 0.913. The van der Waals surface area contributed by atoms with E-state index < -0.39 is 10.2 Å². The number of likely N-dealkylation sites (tertiary alicyclic amines) is 1. The molecule has 1 saturated heterocycles. The molecule has 1 heterocycles. The van der Waals surface area contributed by atoms with E-state index in [0.717, 1.165) is 6.61 Å². The molecule has 6 nitrogen and oxygen atoms in total. The van der Waals surface area contributed by atoms with Crippen molar-refractivity contribution in [2.45, 2.75) is 19.3 Å². The molecular formula is C9H20ClNO5. The highest BCUT2D eigenvalue weighted by Gasteiger charge is 2.23. The van der Waals surface area contributed by atoms with Gasteiger partial charge in [0.15, 0.2) is 0 Å². The van der Waals surface area contributed by atoms with E-state index in [2.05, 4.69) is 7.05 Å². The van der Waals surface area contributed by atoms with Crippen LogP contribution in [0.5, 0.6) is 0 Å². The molecule has 0 saturated carbocycles. The summed E-state index contributed by atoms with van der Waals surface area (Å²) in [4.78, 5) is 0. The number of hydrogen-bond donors (Lipinski definition) is 0. The lowest BCUT2D eigenvalue weighted by atomic mass is 10.1. The smallest absolute Gasteiger partial charge is 0.102 e. The Morgan fingerprint density at radius 1 is 1.06 bits per heavy atom. The topological polar surface area (TPSA) is 101 Å². The largest absolute Gasteiger partial charge is 0.379 e. The third kappa shape index (κ3) is 10.6. The molecule has 0 aromatic rings. The second-order valence-corrected chi connectivity index (χ2v) is 4.98. The van der Waals surface area contributed by atoms with Crippen LogP contribution in [0.4, 0.5) is 0 Å². The molecule has 1 rings (SSSR count). The fourth-order valence-corrected chi connectivity index (χ4v) is 1.81. The number of hydrogen-bond acceptors (Lipinski definition) is 5. The maximum atomic E-state index is 8.49. The van der Waals surface area contributed by atoms with E-state index in [1.165, 1.54) is 43.4 Å². The van der Waals surface area contributed by atoms with E-state index in [9.17, 15) is 0 Å². The van der Waals surface area contributed by atoms with Gasteiger partial charge in [0, 0.05) is 7.11 Å². The molecule has 0 aromatic heterocycles. The lowest BCUT2D eigenvalue weighted by molar-refractivity contribution is -2.00. The zero-order valence-corrected chi connectivity index (χ0v) is 10.6. The molecule has 7 heteroatoms. The first-order valence-corrected chi connectivity index (χ1v) is 6.44. The quantitative estimate of drug-likeness (QED) is 0.489. The average molecular weight is 258 g/mol. The Labute approximate surface area is 98.4 Å². The molecule has 0 aliphatic carbocycles. The fourth-order valence-electron chi connectivity index (χ4n) is 1.81. The van der Waals surface area contributed by atoms with Crippen molar-refractivity contribution in [2.75, 3.05) is 40.4 Å². The molecule has 0 spiro atoms. The number of likely N-dealkylation sites (N-methyl/N-ethyl adjacent to an activating group) is 1. The summed E-state index contributed by atoms with van der Waals surface area (Å²) in [7, 11) is -0.811. The van der Waals surface area contributed by atoms with Crippen LogP contribution in [0.3, 0.4) is 0 Å². The van der Waals surface area contributed by atoms with Crippen LogP contribution in [0.25, 0.3) is 0 Å². The first-order valence-electron chi connectivity index (χ1n) is 5.21. The SMILES string of the molecule is COCC[N+]1(C)CCCCC1.[O-][Cl+3]([O-])([O-])[O-]. The summed E-state index contributed by atoms with van der Waals surface area (Å²) in [6.45, 7) is 4.81. The average Bonchev–Trinajstić information content (AvgIpc) is 2.13. The van der Waals surface area contributed by atoms with Gasteiger partial charge in [-0.3, -0.25) is 0 Å². The minimum Gasteiger partial charge on any atom is -0.379 e. The summed E-state index contributed by atoms with van der Waals surface area (Å²) in [5.41, 5.74) is 0. The van der Waals surface area contributed by atoms with Crippen LogP contribution in [-0.2, 0) is 4.74 Å². The minimum atomic E-state index is -4.94. The van der Waals surface area contributed by atoms with Gasteiger partial charge >= 0.3 is 0 Å². The Morgan fingerprint density at radius 2 is 1.50 bits per heavy atom. The third-order valence-corrected chi connectivity index (χ3v) is 2.73. The Morgan fingerprint density at radius 3 is 1.88 bits per heavy atom. The van der Waals surface area contributed by atoms with Crippen LogP contribution in [0.15, 0.2) is 0 Å². The number of rotatable bonds is 3. The first kappa shape index (κ1) is 16.1. The molecule has 0 N–H and O–H groups in total. The van der Waals surface area contributed by atoms with Crippen LogP contribution < -0.4 is 18.6 Å². The highest BCUT2D eigenvalue weighted by atomic mass is 35.7. The van der Waals surface area contributed by atoms with Gasteiger partial charge in [0.25, 0.3) is 0 Å². The van der Waals surface area contributed by atoms with Crippen molar-refractivity contribution in [1.82, 2.24) is 0 Å². The summed E-state index contributed by atoms with van der Waals surface area (Å²) in [5.74, 6) is 0. The fraction of sp³-hybridized carbons (Fsp3) is 1.00. The van der Waals surface area contributed by atoms with Gasteiger partial charge in [-0.25, -0.2) is 18.6 Å². The van der Waals surface area contributed by atoms with Crippen LogP contribution in [0.2, 0.25) is 0 Å². The third-order valence-electron chi connectivity index (χ3n) is 2.73. The summed E-state index contributed by atoms with van der Waals surface area (Å²) in [5, 5.41) is 0. The van der Waals surface area contributed by atoms with Crippen molar-refractivity contribution in [2.24, 2.45) is 0 Å². The molecule has 0 bridgehead atoms. The van der Waals surface area contributed by atoms with Crippen molar-refractivity contribution in [3.8, 4) is 0 Å². The van der Waals surface area contributed by atoms with Crippen molar-refractivity contribution in [1.29, 1.82) is 0 Å².